The van der Waals surface area contributed by atoms with Crippen LogP contribution in [0.25, 0.3) is 5.69 Å². The maximum Gasteiger partial charge on any atom is 0.274 e. The average Bonchev–Trinajstić information content (AvgIpc) is 3.15. The van der Waals surface area contributed by atoms with Crippen molar-refractivity contribution in [2.75, 3.05) is 26.2 Å². The van der Waals surface area contributed by atoms with Crippen LogP contribution in [-0.4, -0.2) is 57.6 Å². The van der Waals surface area contributed by atoms with E-state index in [4.69, 9.17) is 11.6 Å². The minimum absolute atomic E-state index is 0.0436. The molecule has 1 fully saturated rings. The molecule has 0 aliphatic carbocycles. The van der Waals surface area contributed by atoms with Crippen molar-refractivity contribution < 1.29 is 9.59 Å². The summed E-state index contributed by atoms with van der Waals surface area (Å²) >= 11 is 5.89. The van der Waals surface area contributed by atoms with Crippen molar-refractivity contribution in [2.45, 2.75) is 6.92 Å². The molecule has 0 saturated carbocycles. The van der Waals surface area contributed by atoms with Gasteiger partial charge in [0.15, 0.2) is 5.69 Å². The first-order valence-electron chi connectivity index (χ1n) is 9.49. The second-order valence-corrected chi connectivity index (χ2v) is 7.45. The van der Waals surface area contributed by atoms with Crippen molar-refractivity contribution in [3.8, 4) is 5.69 Å². The van der Waals surface area contributed by atoms with Gasteiger partial charge in [-0.05, 0) is 49.4 Å². The first-order chi connectivity index (χ1) is 14.0. The lowest BCUT2D eigenvalue weighted by Crippen LogP contribution is -2.50. The highest BCUT2D eigenvalue weighted by atomic mass is 35.5. The van der Waals surface area contributed by atoms with Crippen LogP contribution in [0.15, 0.2) is 60.7 Å². The Balaban J connectivity index is 1.42. The molecule has 1 aliphatic heterocycles. The van der Waals surface area contributed by atoms with Crippen molar-refractivity contribution >= 4 is 23.4 Å². The molecule has 2 heterocycles. The van der Waals surface area contributed by atoms with E-state index in [0.29, 0.717) is 42.5 Å². The second kappa shape index (κ2) is 8.09. The summed E-state index contributed by atoms with van der Waals surface area (Å²) in [7, 11) is 0. The number of hydrogen-bond acceptors (Lipinski definition) is 3. The normalized spacial score (nSPS) is 14.1. The van der Waals surface area contributed by atoms with E-state index in [1.807, 2.05) is 37.3 Å². The Morgan fingerprint density at radius 3 is 2.07 bits per heavy atom. The van der Waals surface area contributed by atoms with Crippen molar-refractivity contribution in [3.05, 3.63) is 82.6 Å². The van der Waals surface area contributed by atoms with Crippen LogP contribution in [0.3, 0.4) is 0 Å². The number of carbonyl (C=O) groups excluding carboxylic acids is 2. The Kier molecular flexibility index (Phi) is 5.36. The van der Waals surface area contributed by atoms with Gasteiger partial charge in [0, 0.05) is 42.5 Å². The summed E-state index contributed by atoms with van der Waals surface area (Å²) in [4.78, 5) is 29.1. The third kappa shape index (κ3) is 4.03. The van der Waals surface area contributed by atoms with Gasteiger partial charge in [0.1, 0.15) is 0 Å². The Hall–Kier alpha value is -3.12. The van der Waals surface area contributed by atoms with Crippen molar-refractivity contribution in [3.63, 3.8) is 0 Å². The van der Waals surface area contributed by atoms with E-state index in [9.17, 15) is 9.59 Å². The molecular weight excluding hydrogens is 388 g/mol. The number of hydrogen-bond donors (Lipinski definition) is 0. The highest BCUT2D eigenvalue weighted by Crippen LogP contribution is 2.16. The fourth-order valence-corrected chi connectivity index (χ4v) is 3.59. The third-order valence-electron chi connectivity index (χ3n) is 5.05. The van der Waals surface area contributed by atoms with Crippen LogP contribution in [0, 0.1) is 6.92 Å². The first kappa shape index (κ1) is 19.2. The van der Waals surface area contributed by atoms with Crippen LogP contribution in [0.5, 0.6) is 0 Å². The number of piperazine rings is 1. The molecule has 0 radical (unpaired) electrons. The highest BCUT2D eigenvalue weighted by Gasteiger charge is 2.27. The summed E-state index contributed by atoms with van der Waals surface area (Å²) in [6.07, 6.45) is 0. The molecule has 0 atom stereocenters. The molecule has 1 aliphatic rings. The number of rotatable bonds is 3. The third-order valence-corrected chi connectivity index (χ3v) is 5.30. The molecule has 0 spiro atoms. The predicted molar refractivity (Wildman–Crippen MR) is 112 cm³/mol. The van der Waals surface area contributed by atoms with Gasteiger partial charge >= 0.3 is 0 Å². The van der Waals surface area contributed by atoms with Gasteiger partial charge in [0.25, 0.3) is 11.8 Å². The summed E-state index contributed by atoms with van der Waals surface area (Å²) in [5, 5.41) is 5.10. The molecule has 1 saturated heterocycles. The van der Waals surface area contributed by atoms with Crippen LogP contribution in [-0.2, 0) is 0 Å². The van der Waals surface area contributed by atoms with Gasteiger partial charge in [-0.2, -0.15) is 5.10 Å². The Labute approximate surface area is 174 Å². The van der Waals surface area contributed by atoms with Crippen LogP contribution in [0.2, 0.25) is 5.02 Å². The minimum Gasteiger partial charge on any atom is -0.335 e. The molecule has 7 heteroatoms. The molecule has 2 amide bonds. The van der Waals surface area contributed by atoms with E-state index >= 15 is 0 Å². The molecule has 2 aromatic carbocycles. The van der Waals surface area contributed by atoms with Crippen LogP contribution < -0.4 is 0 Å². The smallest absolute Gasteiger partial charge is 0.274 e. The molecule has 0 unspecified atom stereocenters. The van der Waals surface area contributed by atoms with E-state index in [2.05, 4.69) is 5.10 Å². The van der Waals surface area contributed by atoms with Crippen molar-refractivity contribution in [1.29, 1.82) is 0 Å². The van der Waals surface area contributed by atoms with E-state index in [0.717, 1.165) is 11.4 Å². The Bertz CT molecular complexity index is 1020. The van der Waals surface area contributed by atoms with Crippen LogP contribution in [0.4, 0.5) is 0 Å². The molecular formula is C22H21ClN4O2. The maximum absolute atomic E-state index is 12.9. The number of carbonyl (C=O) groups is 2. The van der Waals surface area contributed by atoms with Crippen molar-refractivity contribution in [1.82, 2.24) is 19.6 Å². The summed E-state index contributed by atoms with van der Waals surface area (Å²) < 4.78 is 1.77. The van der Waals surface area contributed by atoms with Gasteiger partial charge < -0.3 is 9.80 Å². The number of aryl methyl sites for hydroxylation is 1. The molecule has 3 aromatic rings. The number of halogens is 1. The van der Waals surface area contributed by atoms with Crippen LogP contribution >= 0.6 is 11.6 Å². The number of nitrogens with zero attached hydrogens (tertiary/aromatic N) is 4. The van der Waals surface area contributed by atoms with Gasteiger partial charge in [0.05, 0.1) is 5.69 Å². The zero-order chi connectivity index (χ0) is 20.4. The second-order valence-electron chi connectivity index (χ2n) is 7.01. The van der Waals surface area contributed by atoms with Gasteiger partial charge in [-0.3, -0.25) is 9.59 Å². The first-order valence-corrected chi connectivity index (χ1v) is 9.87. The quantitative estimate of drug-likeness (QED) is 0.667. The van der Waals surface area contributed by atoms with E-state index in [1.54, 1.807) is 44.8 Å². The molecule has 148 valence electrons. The average molecular weight is 409 g/mol. The molecule has 0 N–H and O–H groups in total. The summed E-state index contributed by atoms with van der Waals surface area (Å²) in [6, 6.07) is 18.4. The Morgan fingerprint density at radius 2 is 1.45 bits per heavy atom. The fourth-order valence-electron chi connectivity index (χ4n) is 3.46. The lowest BCUT2D eigenvalue weighted by atomic mass is 10.2. The largest absolute Gasteiger partial charge is 0.335 e. The molecule has 1 aromatic heterocycles. The zero-order valence-corrected chi connectivity index (χ0v) is 16.8. The number of benzene rings is 2. The SMILES string of the molecule is Cc1cc(C(=O)N2CCN(C(=O)c3ccc(Cl)cc3)CC2)nn1-c1ccccc1. The highest BCUT2D eigenvalue weighted by molar-refractivity contribution is 6.30. The summed E-state index contributed by atoms with van der Waals surface area (Å²) in [6.45, 7) is 3.88. The summed E-state index contributed by atoms with van der Waals surface area (Å²) in [5.74, 6) is -0.153. The zero-order valence-electron chi connectivity index (χ0n) is 16.1. The van der Waals surface area contributed by atoms with Gasteiger partial charge in [0.2, 0.25) is 0 Å². The lowest BCUT2D eigenvalue weighted by molar-refractivity contribution is 0.0532. The van der Waals surface area contributed by atoms with E-state index in [1.165, 1.54) is 0 Å². The van der Waals surface area contributed by atoms with Crippen molar-refractivity contribution in [2.24, 2.45) is 0 Å². The van der Waals surface area contributed by atoms with Gasteiger partial charge in [-0.15, -0.1) is 0 Å². The molecule has 4 rings (SSSR count). The number of para-hydroxylation sites is 1. The number of amides is 2. The molecule has 0 bridgehead atoms. The maximum atomic E-state index is 12.9. The summed E-state index contributed by atoms with van der Waals surface area (Å²) in [5.41, 5.74) is 2.84. The fraction of sp³-hybridized carbons (Fsp3) is 0.227. The van der Waals surface area contributed by atoms with Gasteiger partial charge in [-0.25, -0.2) is 4.68 Å². The predicted octanol–water partition coefficient (Wildman–Crippen LogP) is 3.43. The van der Waals surface area contributed by atoms with E-state index in [-0.39, 0.29) is 11.8 Å². The van der Waals surface area contributed by atoms with Gasteiger partial charge in [-0.1, -0.05) is 29.8 Å². The molecule has 6 nitrogen and oxygen atoms in total. The van der Waals surface area contributed by atoms with Crippen LogP contribution in [0.1, 0.15) is 26.5 Å². The topological polar surface area (TPSA) is 58.4 Å². The number of aromatic nitrogens is 2. The lowest BCUT2D eigenvalue weighted by Gasteiger charge is -2.34. The standard InChI is InChI=1S/C22H21ClN4O2/c1-16-15-20(24-27(16)19-5-3-2-4-6-19)22(29)26-13-11-25(12-14-26)21(28)17-7-9-18(23)10-8-17/h2-10,15H,11-14H2,1H3. The molecule has 29 heavy (non-hydrogen) atoms. The monoisotopic (exact) mass is 408 g/mol. The van der Waals surface area contributed by atoms with E-state index < -0.39 is 0 Å². The Morgan fingerprint density at radius 1 is 0.862 bits per heavy atom. The minimum atomic E-state index is -0.110.